The number of nitrogens with two attached hydrogens (primary N) is 1. The van der Waals surface area contributed by atoms with Crippen molar-refractivity contribution in [3.8, 4) is 0 Å². The number of ether oxygens (including phenoxy) is 1. The third-order valence-electron chi connectivity index (χ3n) is 1.63. The van der Waals surface area contributed by atoms with Crippen LogP contribution in [0.15, 0.2) is 0 Å². The molecule has 0 saturated carbocycles. The maximum absolute atomic E-state index is 8.97. The van der Waals surface area contributed by atoms with E-state index in [-0.39, 0.29) is 0 Å². The molecule has 1 aliphatic heterocycles. The normalized spacial score (nSPS) is 52.6. The summed E-state index contributed by atoms with van der Waals surface area (Å²) in [6.45, 7) is 0. The first-order valence-corrected chi connectivity index (χ1v) is 3.17. The van der Waals surface area contributed by atoms with Gasteiger partial charge in [0.15, 0.2) is 6.29 Å². The van der Waals surface area contributed by atoms with Gasteiger partial charge < -0.3 is 30.9 Å². The highest BCUT2D eigenvalue weighted by atomic mass is 16.6. The molecule has 5 atom stereocenters. The number of hydrogen-bond donors (Lipinski definition) is 5. The monoisotopic (exact) mass is 165 g/mol. The van der Waals surface area contributed by atoms with Gasteiger partial charge in [-0.3, -0.25) is 0 Å². The highest BCUT2D eigenvalue weighted by molar-refractivity contribution is 4.85. The van der Waals surface area contributed by atoms with Gasteiger partial charge in [0.25, 0.3) is 0 Å². The van der Waals surface area contributed by atoms with Crippen molar-refractivity contribution in [2.75, 3.05) is 0 Å². The first-order valence-electron chi connectivity index (χ1n) is 3.17. The average molecular weight is 165 g/mol. The second-order valence-electron chi connectivity index (χ2n) is 2.46. The van der Waals surface area contributed by atoms with Crippen LogP contribution in [0.25, 0.3) is 0 Å². The minimum absolute atomic E-state index is 1.16. The molecule has 66 valence electrons. The summed E-state index contributed by atoms with van der Waals surface area (Å²) in [5.41, 5.74) is 5.12. The van der Waals surface area contributed by atoms with Gasteiger partial charge in [-0.25, -0.2) is 0 Å². The molecule has 11 heavy (non-hydrogen) atoms. The maximum atomic E-state index is 8.97. The quantitative estimate of drug-likeness (QED) is 0.257. The largest absolute Gasteiger partial charge is 0.387 e. The molecule has 1 rings (SSSR count). The van der Waals surface area contributed by atoms with Crippen LogP contribution in [-0.2, 0) is 4.74 Å². The van der Waals surface area contributed by atoms with Gasteiger partial charge in [-0.2, -0.15) is 0 Å². The van der Waals surface area contributed by atoms with Crippen LogP contribution in [-0.4, -0.2) is 51.3 Å². The van der Waals surface area contributed by atoms with E-state index in [9.17, 15) is 0 Å². The van der Waals surface area contributed by atoms with E-state index in [1.54, 1.807) is 0 Å². The molecule has 6 N–H and O–H groups in total. The predicted octanol–water partition coefficient (Wildman–Crippen LogP) is -3.30. The van der Waals surface area contributed by atoms with E-state index in [0.29, 0.717) is 0 Å². The topological polar surface area (TPSA) is 116 Å². The zero-order valence-corrected chi connectivity index (χ0v) is 5.66. The van der Waals surface area contributed by atoms with Crippen molar-refractivity contribution < 1.29 is 25.2 Å². The summed E-state index contributed by atoms with van der Waals surface area (Å²) in [7, 11) is 0. The van der Waals surface area contributed by atoms with Crippen molar-refractivity contribution in [2.45, 2.75) is 30.8 Å². The molecule has 1 fully saturated rings. The molecule has 1 heterocycles. The third kappa shape index (κ3) is 1.51. The SMILES string of the molecule is N[C@H]1O[C@@H](O)[C@H](O)[C@@H](O)[C@@H]1O. The Bertz CT molecular complexity index is 129. The van der Waals surface area contributed by atoms with Crippen LogP contribution in [0, 0.1) is 0 Å². The Morgan fingerprint density at radius 2 is 1.45 bits per heavy atom. The van der Waals surface area contributed by atoms with Gasteiger partial charge in [-0.1, -0.05) is 0 Å². The molecular formula is C5H11NO5. The third-order valence-corrected chi connectivity index (χ3v) is 1.63. The van der Waals surface area contributed by atoms with Crippen molar-refractivity contribution in [1.29, 1.82) is 0 Å². The summed E-state index contributed by atoms with van der Waals surface area (Å²) in [5.74, 6) is 0. The highest BCUT2D eigenvalue weighted by Crippen LogP contribution is 2.16. The van der Waals surface area contributed by atoms with Crippen LogP contribution in [0.5, 0.6) is 0 Å². The van der Waals surface area contributed by atoms with E-state index >= 15 is 0 Å². The first kappa shape index (κ1) is 8.85. The molecule has 6 nitrogen and oxygen atoms in total. The molecule has 0 aromatic carbocycles. The summed E-state index contributed by atoms with van der Waals surface area (Å²) in [5, 5.41) is 35.6. The molecular weight excluding hydrogens is 154 g/mol. The number of hydrogen-bond acceptors (Lipinski definition) is 6. The Morgan fingerprint density at radius 1 is 0.909 bits per heavy atom. The summed E-state index contributed by atoms with van der Waals surface area (Å²) >= 11 is 0. The van der Waals surface area contributed by atoms with Crippen LogP contribution in [0.2, 0.25) is 0 Å². The van der Waals surface area contributed by atoms with Gasteiger partial charge in [0.05, 0.1) is 0 Å². The minimum Gasteiger partial charge on any atom is -0.387 e. The van der Waals surface area contributed by atoms with Gasteiger partial charge in [-0.05, 0) is 0 Å². The molecule has 1 aliphatic rings. The number of aliphatic hydroxyl groups excluding tert-OH is 4. The molecule has 0 aromatic rings. The van der Waals surface area contributed by atoms with Gasteiger partial charge in [0.1, 0.15) is 24.5 Å². The lowest BCUT2D eigenvalue weighted by molar-refractivity contribution is -0.280. The van der Waals surface area contributed by atoms with Crippen LogP contribution in [0.4, 0.5) is 0 Å². The molecule has 0 amide bonds. The lowest BCUT2D eigenvalue weighted by atomic mass is 10.0. The van der Waals surface area contributed by atoms with Crippen LogP contribution in [0.1, 0.15) is 0 Å². The fourth-order valence-electron chi connectivity index (χ4n) is 0.887. The lowest BCUT2D eigenvalue weighted by Crippen LogP contribution is -2.60. The van der Waals surface area contributed by atoms with Crippen LogP contribution < -0.4 is 5.73 Å². The molecule has 0 unspecified atom stereocenters. The fourth-order valence-corrected chi connectivity index (χ4v) is 0.887. The Kier molecular flexibility index (Phi) is 2.43. The van der Waals surface area contributed by atoms with Crippen LogP contribution in [0.3, 0.4) is 0 Å². The fraction of sp³-hybridized carbons (Fsp3) is 1.00. The maximum Gasteiger partial charge on any atom is 0.185 e. The Labute approximate surface area is 62.8 Å². The molecule has 0 radical (unpaired) electrons. The van der Waals surface area contributed by atoms with Gasteiger partial charge in [0, 0.05) is 0 Å². The molecule has 0 spiro atoms. The molecule has 6 heteroatoms. The summed E-state index contributed by atoms with van der Waals surface area (Å²) in [6, 6.07) is 0. The average Bonchev–Trinajstić information content (AvgIpc) is 1.97. The second kappa shape index (κ2) is 3.02. The predicted molar refractivity (Wildman–Crippen MR) is 33.1 cm³/mol. The molecule has 0 aromatic heterocycles. The van der Waals surface area contributed by atoms with Gasteiger partial charge >= 0.3 is 0 Å². The van der Waals surface area contributed by atoms with Crippen molar-refractivity contribution in [3.05, 3.63) is 0 Å². The summed E-state index contributed by atoms with van der Waals surface area (Å²) < 4.78 is 4.45. The smallest absolute Gasteiger partial charge is 0.185 e. The first-order chi connectivity index (χ1) is 5.04. The zero-order valence-electron chi connectivity index (χ0n) is 5.66. The Balaban J connectivity index is 2.63. The van der Waals surface area contributed by atoms with Gasteiger partial charge in [-0.15, -0.1) is 0 Å². The minimum atomic E-state index is -1.54. The van der Waals surface area contributed by atoms with Crippen molar-refractivity contribution in [3.63, 3.8) is 0 Å². The molecule has 0 bridgehead atoms. The van der Waals surface area contributed by atoms with Crippen molar-refractivity contribution in [2.24, 2.45) is 5.73 Å². The van der Waals surface area contributed by atoms with Crippen molar-refractivity contribution >= 4 is 0 Å². The second-order valence-corrected chi connectivity index (χ2v) is 2.46. The van der Waals surface area contributed by atoms with Crippen LogP contribution >= 0.6 is 0 Å². The standard InChI is InChI=1S/C5H11NO5/c6-4-2(8)1(7)3(9)5(10)11-4/h1-5,7-10H,6H2/t1-,2-,3+,4-,5+/m0/s1. The van der Waals surface area contributed by atoms with E-state index in [0.717, 1.165) is 0 Å². The zero-order chi connectivity index (χ0) is 8.59. The number of aliphatic hydroxyl groups is 4. The highest BCUT2D eigenvalue weighted by Gasteiger charge is 2.41. The van der Waals surface area contributed by atoms with E-state index in [2.05, 4.69) is 4.74 Å². The summed E-state index contributed by atoms with van der Waals surface area (Å²) in [4.78, 5) is 0. The van der Waals surface area contributed by atoms with E-state index < -0.39 is 30.8 Å². The Hall–Kier alpha value is -0.240. The molecule has 1 saturated heterocycles. The van der Waals surface area contributed by atoms with E-state index in [4.69, 9.17) is 26.2 Å². The lowest BCUT2D eigenvalue weighted by Gasteiger charge is -2.36. The molecule has 0 aliphatic carbocycles. The number of rotatable bonds is 0. The van der Waals surface area contributed by atoms with Crippen molar-refractivity contribution in [1.82, 2.24) is 0 Å². The summed E-state index contributed by atoms with van der Waals surface area (Å²) in [6.07, 6.45) is -7.04. The Morgan fingerprint density at radius 3 is 2.00 bits per heavy atom. The van der Waals surface area contributed by atoms with E-state index in [1.165, 1.54) is 0 Å². The van der Waals surface area contributed by atoms with E-state index in [1.807, 2.05) is 0 Å². The van der Waals surface area contributed by atoms with Gasteiger partial charge in [0.2, 0.25) is 0 Å².